The highest BCUT2D eigenvalue weighted by molar-refractivity contribution is 7.51. The van der Waals surface area contributed by atoms with Gasteiger partial charge in [0.05, 0.1) is 17.9 Å². The number of alkyl halides is 2. The van der Waals surface area contributed by atoms with Crippen molar-refractivity contribution < 1.29 is 19.1 Å². The van der Waals surface area contributed by atoms with Gasteiger partial charge in [0.2, 0.25) is 0 Å². The minimum absolute atomic E-state index is 0.235. The zero-order chi connectivity index (χ0) is 10.8. The van der Waals surface area contributed by atoms with Crippen LogP contribution in [0.4, 0.5) is 0 Å². The van der Waals surface area contributed by atoms with Crippen LogP contribution in [0.5, 0.6) is 0 Å². The van der Waals surface area contributed by atoms with E-state index in [4.69, 9.17) is 37.7 Å². The lowest BCUT2D eigenvalue weighted by molar-refractivity contribution is 0.282. The molecule has 0 radical (unpaired) electrons. The summed E-state index contributed by atoms with van der Waals surface area (Å²) in [6, 6.07) is 0. The van der Waals surface area contributed by atoms with Crippen molar-refractivity contribution in [2.24, 2.45) is 0 Å². The van der Waals surface area contributed by atoms with Crippen LogP contribution in [0, 0.1) is 0 Å². The van der Waals surface area contributed by atoms with E-state index in [1.54, 1.807) is 0 Å². The molecular weight excluding hydrogens is 250 g/mol. The van der Waals surface area contributed by atoms with Gasteiger partial charge >= 0.3 is 7.60 Å². The molecule has 0 bridgehead atoms. The maximum absolute atomic E-state index is 10.7. The van der Waals surface area contributed by atoms with E-state index in [0.717, 1.165) is 0 Å². The fourth-order valence-electron chi connectivity index (χ4n) is 1.55. The number of rotatable bonds is 6. The maximum Gasteiger partial charge on any atom is 0.328 e. The third kappa shape index (κ3) is 3.37. The zero-order valence-corrected chi connectivity index (χ0v) is 9.93. The molecule has 0 amide bonds. The molecule has 14 heavy (non-hydrogen) atoms. The molecule has 0 aromatic heterocycles. The first-order chi connectivity index (χ1) is 6.43. The minimum atomic E-state index is -4.00. The van der Waals surface area contributed by atoms with Crippen molar-refractivity contribution in [3.05, 3.63) is 0 Å². The number of hydrogen-bond donors (Lipinski definition) is 2. The highest BCUT2D eigenvalue weighted by Crippen LogP contribution is 2.50. The summed E-state index contributed by atoms with van der Waals surface area (Å²) in [5, 5.41) is 0. The fourth-order valence-corrected chi connectivity index (χ4v) is 3.03. The molecular formula is C7H13Cl2O4P. The molecule has 0 spiro atoms. The molecule has 0 aromatic carbocycles. The van der Waals surface area contributed by atoms with Crippen LogP contribution < -0.4 is 0 Å². The van der Waals surface area contributed by atoms with Crippen LogP contribution in [-0.2, 0) is 9.30 Å². The second-order valence-corrected chi connectivity index (χ2v) is 5.85. The topological polar surface area (TPSA) is 70.1 Å². The Kier molecular flexibility index (Phi) is 4.27. The second-order valence-electron chi connectivity index (χ2n) is 3.40. The van der Waals surface area contributed by atoms with Gasteiger partial charge in [0, 0.05) is 11.8 Å². The highest BCUT2D eigenvalue weighted by Gasteiger charge is 2.56. The van der Waals surface area contributed by atoms with Gasteiger partial charge in [-0.25, -0.2) is 0 Å². The van der Waals surface area contributed by atoms with Crippen molar-refractivity contribution >= 4 is 30.8 Å². The van der Waals surface area contributed by atoms with E-state index in [-0.39, 0.29) is 12.3 Å². The van der Waals surface area contributed by atoms with E-state index in [1.807, 2.05) is 0 Å². The SMILES string of the molecule is O=P(O)(O)CC1OC1(CCCl)CCCl. The van der Waals surface area contributed by atoms with Gasteiger partial charge in [-0.15, -0.1) is 23.2 Å². The van der Waals surface area contributed by atoms with Crippen molar-refractivity contribution in [2.75, 3.05) is 17.9 Å². The van der Waals surface area contributed by atoms with E-state index >= 15 is 0 Å². The summed E-state index contributed by atoms with van der Waals surface area (Å²) >= 11 is 11.2. The minimum Gasteiger partial charge on any atom is -0.365 e. The standard InChI is InChI=1S/C7H13Cl2O4P/c8-3-1-7(2-4-9)6(13-7)5-14(10,11)12/h6H,1-5H2,(H2,10,11,12). The van der Waals surface area contributed by atoms with Gasteiger partial charge < -0.3 is 14.5 Å². The average Bonchev–Trinajstić information content (AvgIpc) is 2.60. The van der Waals surface area contributed by atoms with Crippen LogP contribution >= 0.6 is 30.8 Å². The molecule has 1 rings (SSSR count). The molecule has 1 fully saturated rings. The van der Waals surface area contributed by atoms with Gasteiger partial charge in [-0.2, -0.15) is 0 Å². The van der Waals surface area contributed by atoms with Crippen LogP contribution in [-0.4, -0.2) is 39.4 Å². The van der Waals surface area contributed by atoms with E-state index in [9.17, 15) is 4.57 Å². The summed E-state index contributed by atoms with van der Waals surface area (Å²) in [5.41, 5.74) is -0.482. The number of ether oxygens (including phenoxy) is 1. The highest BCUT2D eigenvalue weighted by atomic mass is 35.5. The molecule has 84 valence electrons. The molecule has 1 unspecified atom stereocenters. The predicted molar refractivity (Wildman–Crippen MR) is 55.2 cm³/mol. The van der Waals surface area contributed by atoms with Crippen LogP contribution in [0.25, 0.3) is 0 Å². The first-order valence-corrected chi connectivity index (χ1v) is 7.14. The Morgan fingerprint density at radius 1 is 1.29 bits per heavy atom. The van der Waals surface area contributed by atoms with Gasteiger partial charge in [-0.05, 0) is 12.8 Å². The summed E-state index contributed by atoms with van der Waals surface area (Å²) in [6.07, 6.45) is 0.555. The van der Waals surface area contributed by atoms with Gasteiger partial charge in [0.25, 0.3) is 0 Å². The van der Waals surface area contributed by atoms with Crippen LogP contribution in [0.15, 0.2) is 0 Å². The van der Waals surface area contributed by atoms with E-state index in [2.05, 4.69) is 0 Å². The van der Waals surface area contributed by atoms with Crippen LogP contribution in [0.3, 0.4) is 0 Å². The molecule has 1 aliphatic heterocycles. The Balaban J connectivity index is 2.48. The van der Waals surface area contributed by atoms with Crippen molar-refractivity contribution in [2.45, 2.75) is 24.5 Å². The molecule has 0 aromatic rings. The number of hydrogen-bond acceptors (Lipinski definition) is 2. The van der Waals surface area contributed by atoms with Crippen molar-refractivity contribution in [1.29, 1.82) is 0 Å². The summed E-state index contributed by atoms with van der Waals surface area (Å²) in [6.45, 7) is 0. The smallest absolute Gasteiger partial charge is 0.328 e. The third-order valence-electron chi connectivity index (χ3n) is 2.35. The maximum atomic E-state index is 10.7. The Morgan fingerprint density at radius 2 is 1.79 bits per heavy atom. The summed E-state index contributed by atoms with van der Waals surface area (Å²) in [5.74, 6) is 0.823. The molecule has 0 aliphatic carbocycles. The predicted octanol–water partition coefficient (Wildman–Crippen LogP) is 1.56. The molecule has 1 heterocycles. The van der Waals surface area contributed by atoms with Gasteiger partial charge in [0.1, 0.15) is 0 Å². The zero-order valence-electron chi connectivity index (χ0n) is 7.53. The van der Waals surface area contributed by atoms with Gasteiger partial charge in [0.15, 0.2) is 0 Å². The lowest BCUT2D eigenvalue weighted by Gasteiger charge is -2.09. The lowest BCUT2D eigenvalue weighted by Crippen LogP contribution is -2.19. The molecule has 1 saturated heterocycles. The average molecular weight is 263 g/mol. The first kappa shape index (κ1) is 12.8. The number of halogens is 2. The summed E-state index contributed by atoms with van der Waals surface area (Å²) < 4.78 is 16.0. The Hall–Kier alpha value is 0.690. The van der Waals surface area contributed by atoms with Crippen molar-refractivity contribution in [3.8, 4) is 0 Å². The summed E-state index contributed by atoms with van der Waals surface area (Å²) in [7, 11) is -4.00. The Bertz CT molecular complexity index is 236. The monoisotopic (exact) mass is 262 g/mol. The fraction of sp³-hybridized carbons (Fsp3) is 1.00. The van der Waals surface area contributed by atoms with Gasteiger partial charge in [-0.3, -0.25) is 4.57 Å². The largest absolute Gasteiger partial charge is 0.365 e. The normalized spacial score (nSPS) is 25.0. The molecule has 4 nitrogen and oxygen atoms in total. The third-order valence-corrected chi connectivity index (χ3v) is 3.53. The molecule has 0 saturated carbocycles. The van der Waals surface area contributed by atoms with E-state index in [0.29, 0.717) is 24.6 Å². The van der Waals surface area contributed by atoms with E-state index < -0.39 is 13.2 Å². The Labute approximate surface area is 92.7 Å². The quantitative estimate of drug-likeness (QED) is 0.433. The van der Waals surface area contributed by atoms with E-state index in [1.165, 1.54) is 0 Å². The molecule has 1 atom stereocenters. The number of epoxide rings is 1. The summed E-state index contributed by atoms with van der Waals surface area (Å²) in [4.78, 5) is 17.5. The molecule has 7 heteroatoms. The molecule has 2 N–H and O–H groups in total. The van der Waals surface area contributed by atoms with Crippen molar-refractivity contribution in [1.82, 2.24) is 0 Å². The van der Waals surface area contributed by atoms with Crippen molar-refractivity contribution in [3.63, 3.8) is 0 Å². The van der Waals surface area contributed by atoms with Gasteiger partial charge in [-0.1, -0.05) is 0 Å². The lowest BCUT2D eigenvalue weighted by atomic mass is 10.00. The van der Waals surface area contributed by atoms with Crippen LogP contribution in [0.1, 0.15) is 12.8 Å². The molecule has 1 aliphatic rings. The first-order valence-electron chi connectivity index (χ1n) is 4.28. The Morgan fingerprint density at radius 3 is 2.14 bits per heavy atom. The van der Waals surface area contributed by atoms with Crippen LogP contribution in [0.2, 0.25) is 0 Å². The second kappa shape index (κ2) is 4.69.